The molecule has 0 spiro atoms. The summed E-state index contributed by atoms with van der Waals surface area (Å²) < 4.78 is 0. The van der Waals surface area contributed by atoms with Gasteiger partial charge in [0.25, 0.3) is 0 Å². The maximum Gasteiger partial charge on any atom is 0.319 e. The summed E-state index contributed by atoms with van der Waals surface area (Å²) >= 11 is 0. The third-order valence-electron chi connectivity index (χ3n) is 5.15. The molecule has 27 heavy (non-hydrogen) atoms. The summed E-state index contributed by atoms with van der Waals surface area (Å²) in [7, 11) is 0. The number of amides is 4. The summed E-state index contributed by atoms with van der Waals surface area (Å²) in [6, 6.07) is 6.51. The Balaban J connectivity index is 1.57. The lowest BCUT2D eigenvalue weighted by molar-refractivity contribution is -0.140. The Morgan fingerprint density at radius 1 is 1.11 bits per heavy atom. The van der Waals surface area contributed by atoms with Gasteiger partial charge in [-0.2, -0.15) is 0 Å². The highest BCUT2D eigenvalue weighted by Gasteiger charge is 2.30. The van der Waals surface area contributed by atoms with Gasteiger partial charge >= 0.3 is 6.03 Å². The molecule has 1 aromatic carbocycles. The minimum atomic E-state index is -0.594. The summed E-state index contributed by atoms with van der Waals surface area (Å²) in [4.78, 5) is 41.0. The maximum absolute atomic E-state index is 12.9. The van der Waals surface area contributed by atoms with E-state index >= 15 is 0 Å². The van der Waals surface area contributed by atoms with Crippen molar-refractivity contribution in [3.05, 3.63) is 29.8 Å². The molecule has 0 aliphatic carbocycles. The van der Waals surface area contributed by atoms with Crippen LogP contribution in [0.5, 0.6) is 0 Å². The largest absolute Gasteiger partial charge is 0.341 e. The van der Waals surface area contributed by atoms with E-state index in [0.717, 1.165) is 44.3 Å². The normalized spacial score (nSPS) is 20.3. The van der Waals surface area contributed by atoms with Crippen molar-refractivity contribution >= 4 is 23.5 Å². The minimum absolute atomic E-state index is 0.00529. The zero-order valence-corrected chi connectivity index (χ0v) is 15.9. The second kappa shape index (κ2) is 8.88. The lowest BCUT2D eigenvalue weighted by Gasteiger charge is -2.26. The monoisotopic (exact) mass is 372 g/mol. The van der Waals surface area contributed by atoms with Gasteiger partial charge < -0.3 is 20.4 Å². The highest BCUT2D eigenvalue weighted by Crippen LogP contribution is 2.15. The number of urea groups is 1. The number of nitrogens with zero attached hydrogens (tertiary/aromatic N) is 2. The number of carbonyl (C=O) groups is 3. The summed E-state index contributed by atoms with van der Waals surface area (Å²) in [5, 5.41) is 5.56. The van der Waals surface area contributed by atoms with Crippen LogP contribution < -0.4 is 10.6 Å². The van der Waals surface area contributed by atoms with Crippen molar-refractivity contribution in [1.29, 1.82) is 0 Å². The predicted octanol–water partition coefficient (Wildman–Crippen LogP) is 2.12. The van der Waals surface area contributed by atoms with Crippen molar-refractivity contribution in [2.24, 2.45) is 0 Å². The molecule has 2 aliphatic rings. The number of anilines is 1. The van der Waals surface area contributed by atoms with Gasteiger partial charge in [-0.25, -0.2) is 4.79 Å². The number of benzene rings is 1. The van der Waals surface area contributed by atoms with Crippen LogP contribution >= 0.6 is 0 Å². The van der Waals surface area contributed by atoms with E-state index in [1.54, 1.807) is 4.90 Å². The standard InChI is InChI=1S/C20H28N4O3/c1-15-7-6-8-16(13-15)21-20(27)22-17-9-2-3-12-24(19(17)26)14-18(25)23-10-4-5-11-23/h6-8,13,17H,2-5,9-12,14H2,1H3,(H2,21,22,27). The van der Waals surface area contributed by atoms with Crippen LogP contribution in [0.3, 0.4) is 0 Å². The molecule has 2 N–H and O–H groups in total. The molecule has 0 aromatic heterocycles. The lowest BCUT2D eigenvalue weighted by atomic mass is 10.1. The Kier molecular flexibility index (Phi) is 6.32. The van der Waals surface area contributed by atoms with Crippen LogP contribution in [0.15, 0.2) is 24.3 Å². The number of aryl methyl sites for hydroxylation is 1. The van der Waals surface area contributed by atoms with Crippen molar-refractivity contribution in [3.63, 3.8) is 0 Å². The van der Waals surface area contributed by atoms with Gasteiger partial charge in [0.05, 0.1) is 6.54 Å². The molecular formula is C20H28N4O3. The number of carbonyl (C=O) groups excluding carboxylic acids is 3. The van der Waals surface area contributed by atoms with Crippen LogP contribution in [0.2, 0.25) is 0 Å². The second-order valence-electron chi connectivity index (χ2n) is 7.36. The molecular weight excluding hydrogens is 344 g/mol. The van der Waals surface area contributed by atoms with E-state index in [1.165, 1.54) is 0 Å². The van der Waals surface area contributed by atoms with Crippen molar-refractivity contribution in [2.45, 2.75) is 45.1 Å². The molecule has 2 fully saturated rings. The van der Waals surface area contributed by atoms with E-state index in [1.807, 2.05) is 36.1 Å². The summed E-state index contributed by atoms with van der Waals surface area (Å²) in [6.45, 7) is 4.18. The fraction of sp³-hybridized carbons (Fsp3) is 0.550. The molecule has 2 aliphatic heterocycles. The summed E-state index contributed by atoms with van der Waals surface area (Å²) in [5.41, 5.74) is 1.74. The Bertz CT molecular complexity index is 700. The van der Waals surface area contributed by atoms with Gasteiger partial charge in [-0.15, -0.1) is 0 Å². The zero-order valence-electron chi connectivity index (χ0n) is 15.9. The Morgan fingerprint density at radius 3 is 2.59 bits per heavy atom. The van der Waals surface area contributed by atoms with Crippen LogP contribution in [0.25, 0.3) is 0 Å². The topological polar surface area (TPSA) is 81.8 Å². The third-order valence-corrected chi connectivity index (χ3v) is 5.15. The zero-order chi connectivity index (χ0) is 19.2. The highest BCUT2D eigenvalue weighted by molar-refractivity contribution is 5.94. The molecule has 0 bridgehead atoms. The second-order valence-corrected chi connectivity index (χ2v) is 7.36. The van der Waals surface area contributed by atoms with E-state index in [-0.39, 0.29) is 18.4 Å². The van der Waals surface area contributed by atoms with Gasteiger partial charge in [-0.05, 0) is 56.7 Å². The van der Waals surface area contributed by atoms with Gasteiger partial charge in [0, 0.05) is 25.3 Å². The molecule has 2 heterocycles. The van der Waals surface area contributed by atoms with Crippen molar-refractivity contribution < 1.29 is 14.4 Å². The van der Waals surface area contributed by atoms with Gasteiger partial charge in [-0.3, -0.25) is 9.59 Å². The first-order valence-corrected chi connectivity index (χ1v) is 9.74. The van der Waals surface area contributed by atoms with Crippen LogP contribution in [-0.2, 0) is 9.59 Å². The average molecular weight is 372 g/mol. The highest BCUT2D eigenvalue weighted by atomic mass is 16.2. The first-order valence-electron chi connectivity index (χ1n) is 9.74. The predicted molar refractivity (Wildman–Crippen MR) is 103 cm³/mol. The molecule has 4 amide bonds. The number of likely N-dealkylation sites (tertiary alicyclic amines) is 2. The molecule has 0 saturated carbocycles. The van der Waals surface area contributed by atoms with E-state index in [9.17, 15) is 14.4 Å². The molecule has 146 valence electrons. The van der Waals surface area contributed by atoms with Crippen molar-refractivity contribution in [3.8, 4) is 0 Å². The van der Waals surface area contributed by atoms with E-state index in [4.69, 9.17) is 0 Å². The minimum Gasteiger partial charge on any atom is -0.341 e. The molecule has 1 unspecified atom stereocenters. The van der Waals surface area contributed by atoms with Gasteiger partial charge in [-0.1, -0.05) is 12.1 Å². The fourth-order valence-electron chi connectivity index (χ4n) is 3.67. The van der Waals surface area contributed by atoms with Crippen molar-refractivity contribution in [2.75, 3.05) is 31.5 Å². The number of nitrogens with one attached hydrogen (secondary N) is 2. The third kappa shape index (κ3) is 5.21. The molecule has 1 aromatic rings. The Morgan fingerprint density at radius 2 is 1.85 bits per heavy atom. The molecule has 2 saturated heterocycles. The quantitative estimate of drug-likeness (QED) is 0.849. The number of rotatable bonds is 4. The Labute approximate surface area is 160 Å². The van der Waals surface area contributed by atoms with Crippen LogP contribution in [-0.4, -0.2) is 59.9 Å². The lowest BCUT2D eigenvalue weighted by Crippen LogP contribution is -2.51. The van der Waals surface area contributed by atoms with E-state index in [0.29, 0.717) is 18.7 Å². The molecule has 1 atom stereocenters. The SMILES string of the molecule is Cc1cccc(NC(=O)NC2CCCCN(CC(=O)N3CCCC3)C2=O)c1. The van der Waals surface area contributed by atoms with E-state index < -0.39 is 12.1 Å². The molecule has 0 radical (unpaired) electrons. The first-order chi connectivity index (χ1) is 13.0. The van der Waals surface area contributed by atoms with Crippen LogP contribution in [0.4, 0.5) is 10.5 Å². The van der Waals surface area contributed by atoms with Crippen molar-refractivity contribution in [1.82, 2.24) is 15.1 Å². The van der Waals surface area contributed by atoms with Gasteiger partial charge in [0.1, 0.15) is 6.04 Å². The smallest absolute Gasteiger partial charge is 0.319 e. The summed E-state index contributed by atoms with van der Waals surface area (Å²) in [5.74, 6) is -0.162. The number of hydrogen-bond acceptors (Lipinski definition) is 3. The van der Waals surface area contributed by atoms with Crippen LogP contribution in [0, 0.1) is 6.92 Å². The van der Waals surface area contributed by atoms with Crippen LogP contribution in [0.1, 0.15) is 37.7 Å². The number of hydrogen-bond donors (Lipinski definition) is 2. The fourth-order valence-corrected chi connectivity index (χ4v) is 3.67. The molecule has 7 nitrogen and oxygen atoms in total. The molecule has 7 heteroatoms. The Hall–Kier alpha value is -2.57. The van der Waals surface area contributed by atoms with E-state index in [2.05, 4.69) is 10.6 Å². The summed E-state index contributed by atoms with van der Waals surface area (Å²) in [6.07, 6.45) is 4.34. The van der Waals surface area contributed by atoms with Gasteiger partial charge in [0.15, 0.2) is 0 Å². The molecule has 3 rings (SSSR count). The first kappa shape index (κ1) is 19.2. The van der Waals surface area contributed by atoms with Gasteiger partial charge in [0.2, 0.25) is 11.8 Å². The maximum atomic E-state index is 12.9. The average Bonchev–Trinajstić information content (AvgIpc) is 3.12.